The van der Waals surface area contributed by atoms with Gasteiger partial charge in [-0.3, -0.25) is 0 Å². The van der Waals surface area contributed by atoms with Crippen molar-refractivity contribution in [1.29, 1.82) is 0 Å². The van der Waals surface area contributed by atoms with Crippen molar-refractivity contribution in [3.63, 3.8) is 0 Å². The lowest BCUT2D eigenvalue weighted by molar-refractivity contribution is 0.144. The third-order valence-corrected chi connectivity index (χ3v) is 5.26. The Bertz CT molecular complexity index is 1250. The van der Waals surface area contributed by atoms with Gasteiger partial charge in [0, 0.05) is 12.0 Å². The summed E-state index contributed by atoms with van der Waals surface area (Å²) in [7, 11) is 0. The number of carbonyl (C=O) groups is 1. The summed E-state index contributed by atoms with van der Waals surface area (Å²) in [5, 5.41) is 9.00. The molecular weight excluding hydrogens is 420 g/mol. The van der Waals surface area contributed by atoms with Gasteiger partial charge in [0.15, 0.2) is 5.65 Å². The van der Waals surface area contributed by atoms with Gasteiger partial charge in [-0.1, -0.05) is 55.8 Å². The molecule has 0 aliphatic carbocycles. The van der Waals surface area contributed by atoms with Crippen molar-refractivity contribution in [2.45, 2.75) is 39.7 Å². The van der Waals surface area contributed by atoms with E-state index in [0.29, 0.717) is 24.9 Å². The lowest BCUT2D eigenvalue weighted by Gasteiger charge is -2.11. The summed E-state index contributed by atoms with van der Waals surface area (Å²) < 4.78 is 12.5. The first-order valence-corrected chi connectivity index (χ1v) is 11.0. The highest BCUT2D eigenvalue weighted by molar-refractivity contribution is 5.74. The van der Waals surface area contributed by atoms with Crippen LogP contribution in [0.1, 0.15) is 38.1 Å². The van der Waals surface area contributed by atoms with Gasteiger partial charge in [-0.05, 0) is 30.5 Å². The van der Waals surface area contributed by atoms with E-state index in [4.69, 9.17) is 19.6 Å². The first-order chi connectivity index (χ1) is 16.1. The number of aromatic nitrogens is 4. The zero-order chi connectivity index (χ0) is 23.2. The smallest absolute Gasteiger partial charge is 0.464 e. The molecule has 0 amide bonds. The number of imidazole rings is 1. The van der Waals surface area contributed by atoms with Crippen molar-refractivity contribution in [2.75, 3.05) is 6.61 Å². The molecule has 33 heavy (non-hydrogen) atoms. The number of benzene rings is 2. The first kappa shape index (κ1) is 22.3. The second kappa shape index (κ2) is 10.1. The number of nitrogens with zero attached hydrogens (tertiary/aromatic N) is 4. The van der Waals surface area contributed by atoms with Gasteiger partial charge in [0.1, 0.15) is 17.1 Å². The Balaban J connectivity index is 1.66. The van der Waals surface area contributed by atoms with Gasteiger partial charge in [-0.2, -0.15) is 4.98 Å². The van der Waals surface area contributed by atoms with Crippen LogP contribution in [0.5, 0.6) is 11.8 Å². The summed E-state index contributed by atoms with van der Waals surface area (Å²) in [6, 6.07) is 15.4. The minimum absolute atomic E-state index is 0.306. The van der Waals surface area contributed by atoms with Crippen LogP contribution in [0.2, 0.25) is 0 Å². The van der Waals surface area contributed by atoms with Crippen LogP contribution in [0.15, 0.2) is 54.7 Å². The molecular formula is C25H26N4O4. The molecule has 170 valence electrons. The van der Waals surface area contributed by atoms with E-state index in [2.05, 4.69) is 21.5 Å². The summed E-state index contributed by atoms with van der Waals surface area (Å²) in [6.45, 7) is 5.16. The lowest BCUT2D eigenvalue weighted by Crippen LogP contribution is -2.07. The highest BCUT2D eigenvalue weighted by Gasteiger charge is 2.15. The molecule has 2 aromatic carbocycles. The quantitative estimate of drug-likeness (QED) is 0.274. The minimum atomic E-state index is -1.33. The Hall–Kier alpha value is -3.94. The number of para-hydroxylation sites is 1. The second-order valence-corrected chi connectivity index (χ2v) is 7.57. The van der Waals surface area contributed by atoms with Gasteiger partial charge in [0.2, 0.25) is 0 Å². The van der Waals surface area contributed by atoms with E-state index in [1.165, 1.54) is 0 Å². The lowest BCUT2D eigenvalue weighted by atomic mass is 10.0. The predicted octanol–water partition coefficient (Wildman–Crippen LogP) is 5.34. The average Bonchev–Trinajstić information content (AvgIpc) is 3.15. The summed E-state index contributed by atoms with van der Waals surface area (Å²) in [6.07, 6.45) is 3.34. The summed E-state index contributed by atoms with van der Waals surface area (Å²) >= 11 is 0. The molecule has 0 radical (unpaired) electrons. The number of aryl methyl sites for hydroxylation is 1. The number of unbranched alkanes of at least 4 members (excludes halogenated alkanes) is 1. The summed E-state index contributed by atoms with van der Waals surface area (Å²) in [5.74, 6) is 1.28. The maximum Gasteiger partial charge on any atom is 0.511 e. The molecule has 4 aromatic rings. The Kier molecular flexibility index (Phi) is 6.83. The average molecular weight is 447 g/mol. The molecule has 0 unspecified atom stereocenters. The van der Waals surface area contributed by atoms with Crippen molar-refractivity contribution in [1.82, 2.24) is 19.5 Å². The Morgan fingerprint density at radius 2 is 1.85 bits per heavy atom. The van der Waals surface area contributed by atoms with E-state index >= 15 is 0 Å². The van der Waals surface area contributed by atoms with Crippen LogP contribution in [-0.2, 0) is 13.0 Å². The van der Waals surface area contributed by atoms with Gasteiger partial charge in [-0.25, -0.2) is 14.8 Å². The van der Waals surface area contributed by atoms with Crippen molar-refractivity contribution in [3.05, 3.63) is 66.1 Å². The van der Waals surface area contributed by atoms with E-state index in [1.807, 2.05) is 43.3 Å². The van der Waals surface area contributed by atoms with Crippen molar-refractivity contribution < 1.29 is 19.4 Å². The summed E-state index contributed by atoms with van der Waals surface area (Å²) in [4.78, 5) is 24.6. The maximum absolute atomic E-state index is 11.0. The Labute approximate surface area is 191 Å². The molecule has 0 fully saturated rings. The van der Waals surface area contributed by atoms with Crippen molar-refractivity contribution >= 4 is 17.3 Å². The predicted molar refractivity (Wildman–Crippen MR) is 125 cm³/mol. The highest BCUT2D eigenvalue weighted by atomic mass is 16.7. The zero-order valence-electron chi connectivity index (χ0n) is 18.7. The largest absolute Gasteiger partial charge is 0.511 e. The number of fused-ring (bicyclic) bond motifs is 1. The molecule has 0 bridgehead atoms. The number of hydrogen-bond acceptors (Lipinski definition) is 6. The van der Waals surface area contributed by atoms with Crippen LogP contribution in [0.25, 0.3) is 22.3 Å². The van der Waals surface area contributed by atoms with Crippen molar-refractivity contribution in [3.8, 4) is 22.9 Å². The molecule has 0 aliphatic rings. The van der Waals surface area contributed by atoms with Gasteiger partial charge in [0.25, 0.3) is 0 Å². The van der Waals surface area contributed by atoms with Gasteiger partial charge < -0.3 is 19.1 Å². The molecule has 8 heteroatoms. The van der Waals surface area contributed by atoms with Crippen molar-refractivity contribution in [2.24, 2.45) is 0 Å². The number of ether oxygens (including phenoxy) is 2. The molecule has 4 rings (SSSR count). The Morgan fingerprint density at radius 1 is 1.06 bits per heavy atom. The van der Waals surface area contributed by atoms with Gasteiger partial charge in [-0.15, -0.1) is 0 Å². The van der Waals surface area contributed by atoms with E-state index in [9.17, 15) is 4.79 Å². The molecule has 1 N–H and O–H groups in total. The standard InChI is InChI=1S/C25H26N4O4/c1-3-5-10-22-27-20-15-26-24(32-4-2)28-23(20)29(22)16-17-11-13-18(14-12-17)19-8-6-7-9-21(19)33-25(30)31/h6-9,11-15H,3-5,10,16H2,1-2H3,(H,30,31). The third-order valence-electron chi connectivity index (χ3n) is 5.26. The fraction of sp³-hybridized carbons (Fsp3) is 0.280. The van der Waals surface area contributed by atoms with Crippen LogP contribution in [0.4, 0.5) is 4.79 Å². The minimum Gasteiger partial charge on any atom is -0.464 e. The second-order valence-electron chi connectivity index (χ2n) is 7.57. The first-order valence-electron chi connectivity index (χ1n) is 11.0. The fourth-order valence-corrected chi connectivity index (χ4v) is 3.70. The van der Waals surface area contributed by atoms with E-state index in [0.717, 1.165) is 52.9 Å². The zero-order valence-corrected chi connectivity index (χ0v) is 18.7. The SMILES string of the molecule is CCCCc1nc2cnc(OCC)nc2n1Cc1ccc(-c2ccccc2OC(=O)O)cc1. The monoisotopic (exact) mass is 446 g/mol. The molecule has 0 spiro atoms. The molecule has 0 atom stereocenters. The molecule has 8 nitrogen and oxygen atoms in total. The molecule has 2 aromatic heterocycles. The van der Waals surface area contributed by atoms with E-state index in [1.54, 1.807) is 18.3 Å². The fourth-order valence-electron chi connectivity index (χ4n) is 3.70. The van der Waals surface area contributed by atoms with Crippen LogP contribution in [-0.4, -0.2) is 37.4 Å². The summed E-state index contributed by atoms with van der Waals surface area (Å²) in [5.41, 5.74) is 4.17. The van der Waals surface area contributed by atoms with Crippen LogP contribution < -0.4 is 9.47 Å². The topological polar surface area (TPSA) is 99.4 Å². The maximum atomic E-state index is 11.0. The van der Waals surface area contributed by atoms with Crippen LogP contribution in [0, 0.1) is 0 Å². The normalized spacial score (nSPS) is 11.0. The van der Waals surface area contributed by atoms with E-state index < -0.39 is 6.16 Å². The molecule has 0 saturated carbocycles. The van der Waals surface area contributed by atoms with Gasteiger partial charge >= 0.3 is 12.2 Å². The van der Waals surface area contributed by atoms with Crippen LogP contribution >= 0.6 is 0 Å². The number of carboxylic acid groups (broad SMARTS) is 1. The molecule has 2 heterocycles. The highest BCUT2D eigenvalue weighted by Crippen LogP contribution is 2.30. The Morgan fingerprint density at radius 3 is 2.58 bits per heavy atom. The van der Waals surface area contributed by atoms with Crippen LogP contribution in [0.3, 0.4) is 0 Å². The number of hydrogen-bond donors (Lipinski definition) is 1. The van der Waals surface area contributed by atoms with Gasteiger partial charge in [0.05, 0.1) is 19.3 Å². The van der Waals surface area contributed by atoms with E-state index in [-0.39, 0.29) is 0 Å². The molecule has 0 saturated heterocycles. The number of rotatable bonds is 9. The third kappa shape index (κ3) is 5.11. The molecule has 0 aliphatic heterocycles.